The number of carbonyl (C=O) groups is 1. The van der Waals surface area contributed by atoms with Gasteiger partial charge in [-0.3, -0.25) is 14.9 Å². The average molecular weight is 429 g/mol. The number of ether oxygens (including phenoxy) is 1. The maximum Gasteiger partial charge on any atom is 0.260 e. The Hall–Kier alpha value is -0.870. The average Bonchev–Trinajstić information content (AvgIpc) is 3.44. The SMILES string of the molecule is O=C(N1CCC(C2NOC(C3CC(C4CCOC4)NCC3F)N2)CC1)C1(F)CCC1. The molecule has 5 aliphatic rings. The largest absolute Gasteiger partial charge is 0.381 e. The minimum Gasteiger partial charge on any atom is -0.381 e. The first-order valence-corrected chi connectivity index (χ1v) is 11.6. The second-order valence-corrected chi connectivity index (χ2v) is 9.80. The van der Waals surface area contributed by atoms with Gasteiger partial charge in [-0.15, -0.1) is 0 Å². The number of hydrogen-bond donors (Lipinski definition) is 3. The molecule has 6 atom stereocenters. The number of alkyl halides is 2. The zero-order chi connectivity index (χ0) is 20.7. The standard InChI is InChI=1S/C21H34F2N4O3/c22-16-11-24-17(14-4-9-29-12-14)10-15(16)19-25-18(26-30-19)13-2-7-27(8-3-13)20(28)21(23)5-1-6-21/h13-19,24-26H,1-12H2. The normalized spacial score (nSPS) is 42.3. The molecule has 0 radical (unpaired) electrons. The van der Waals surface area contributed by atoms with Crippen LogP contribution in [0.15, 0.2) is 0 Å². The number of amides is 1. The maximum atomic E-state index is 14.7. The summed E-state index contributed by atoms with van der Waals surface area (Å²) < 4.78 is 34.6. The zero-order valence-corrected chi connectivity index (χ0v) is 17.5. The van der Waals surface area contributed by atoms with Crippen LogP contribution in [0.1, 0.15) is 44.9 Å². The zero-order valence-electron chi connectivity index (χ0n) is 17.5. The third-order valence-corrected chi connectivity index (χ3v) is 7.98. The molecule has 7 nitrogen and oxygen atoms in total. The van der Waals surface area contributed by atoms with Gasteiger partial charge in [-0.25, -0.2) is 8.78 Å². The van der Waals surface area contributed by atoms with Crippen molar-refractivity contribution in [2.24, 2.45) is 17.8 Å². The number of hydroxylamine groups is 1. The van der Waals surface area contributed by atoms with Crippen molar-refractivity contribution in [2.75, 3.05) is 32.8 Å². The highest BCUT2D eigenvalue weighted by molar-refractivity contribution is 5.86. The van der Waals surface area contributed by atoms with Gasteiger partial charge in [0.05, 0.1) is 12.8 Å². The van der Waals surface area contributed by atoms with E-state index in [0.717, 1.165) is 45.3 Å². The molecule has 4 heterocycles. The molecule has 1 saturated carbocycles. The van der Waals surface area contributed by atoms with Gasteiger partial charge in [-0.2, -0.15) is 5.48 Å². The number of nitrogens with zero attached hydrogens (tertiary/aromatic N) is 1. The van der Waals surface area contributed by atoms with Crippen molar-refractivity contribution in [2.45, 2.75) is 75.2 Å². The van der Waals surface area contributed by atoms with Crippen molar-refractivity contribution in [1.82, 2.24) is 21.0 Å². The smallest absolute Gasteiger partial charge is 0.260 e. The van der Waals surface area contributed by atoms with E-state index in [2.05, 4.69) is 16.1 Å². The van der Waals surface area contributed by atoms with E-state index in [4.69, 9.17) is 9.57 Å². The first-order chi connectivity index (χ1) is 14.5. The Bertz CT molecular complexity index is 623. The summed E-state index contributed by atoms with van der Waals surface area (Å²) in [4.78, 5) is 19.9. The number of hydrogen-bond acceptors (Lipinski definition) is 6. The van der Waals surface area contributed by atoms with Crippen molar-refractivity contribution in [3.63, 3.8) is 0 Å². The summed E-state index contributed by atoms with van der Waals surface area (Å²) in [5, 5.41) is 6.81. The molecule has 5 rings (SSSR count). The predicted molar refractivity (Wildman–Crippen MR) is 106 cm³/mol. The summed E-state index contributed by atoms with van der Waals surface area (Å²) in [7, 11) is 0. The van der Waals surface area contributed by atoms with Crippen LogP contribution in [0.4, 0.5) is 8.78 Å². The quantitative estimate of drug-likeness (QED) is 0.626. The molecule has 0 spiro atoms. The van der Waals surface area contributed by atoms with Crippen LogP contribution in [-0.2, 0) is 14.4 Å². The monoisotopic (exact) mass is 428 g/mol. The van der Waals surface area contributed by atoms with Crippen LogP contribution in [0.2, 0.25) is 0 Å². The number of likely N-dealkylation sites (tertiary alicyclic amines) is 1. The molecule has 6 unspecified atom stereocenters. The minimum atomic E-state index is -1.61. The van der Waals surface area contributed by atoms with Gasteiger partial charge in [-0.1, -0.05) is 0 Å². The van der Waals surface area contributed by atoms with E-state index in [1.165, 1.54) is 0 Å². The van der Waals surface area contributed by atoms with Crippen LogP contribution < -0.4 is 16.1 Å². The van der Waals surface area contributed by atoms with Gasteiger partial charge in [0, 0.05) is 38.2 Å². The van der Waals surface area contributed by atoms with Crippen molar-refractivity contribution in [1.29, 1.82) is 0 Å². The van der Waals surface area contributed by atoms with E-state index in [9.17, 15) is 13.6 Å². The Kier molecular flexibility index (Phi) is 6.00. The molecule has 9 heteroatoms. The van der Waals surface area contributed by atoms with Crippen LogP contribution in [0.5, 0.6) is 0 Å². The number of halogens is 2. The van der Waals surface area contributed by atoms with Crippen LogP contribution in [0.25, 0.3) is 0 Å². The Morgan fingerprint density at radius 3 is 2.60 bits per heavy atom. The number of nitrogens with one attached hydrogen (secondary N) is 3. The first-order valence-electron chi connectivity index (χ1n) is 11.6. The van der Waals surface area contributed by atoms with Gasteiger partial charge in [0.1, 0.15) is 12.4 Å². The fourth-order valence-electron chi connectivity index (χ4n) is 5.74. The Balaban J connectivity index is 1.12. The fraction of sp³-hybridized carbons (Fsp3) is 0.952. The molecule has 4 saturated heterocycles. The van der Waals surface area contributed by atoms with Crippen LogP contribution in [0, 0.1) is 17.8 Å². The summed E-state index contributed by atoms with van der Waals surface area (Å²) in [6.45, 7) is 3.03. The molecule has 170 valence electrons. The van der Waals surface area contributed by atoms with Gasteiger partial charge >= 0.3 is 0 Å². The number of rotatable bonds is 4. The molecule has 5 fully saturated rings. The van der Waals surface area contributed by atoms with Gasteiger partial charge in [0.15, 0.2) is 5.67 Å². The van der Waals surface area contributed by atoms with Gasteiger partial charge in [-0.05, 0) is 56.8 Å². The number of carbonyl (C=O) groups excluding carboxylic acids is 1. The summed E-state index contributed by atoms with van der Waals surface area (Å²) in [5.41, 5.74) is 1.46. The third kappa shape index (κ3) is 3.99. The second kappa shape index (κ2) is 8.58. The van der Waals surface area contributed by atoms with Gasteiger partial charge in [0.25, 0.3) is 5.91 Å². The van der Waals surface area contributed by atoms with E-state index in [1.54, 1.807) is 4.90 Å². The lowest BCUT2D eigenvalue weighted by Crippen LogP contribution is -2.55. The summed E-state index contributed by atoms with van der Waals surface area (Å²) in [6.07, 6.45) is 3.48. The molecule has 0 bridgehead atoms. The predicted octanol–water partition coefficient (Wildman–Crippen LogP) is 1.25. The van der Waals surface area contributed by atoms with E-state index in [1.807, 2.05) is 0 Å². The highest BCUT2D eigenvalue weighted by atomic mass is 19.1. The van der Waals surface area contributed by atoms with E-state index in [0.29, 0.717) is 38.4 Å². The highest BCUT2D eigenvalue weighted by Gasteiger charge is 2.48. The molecule has 0 aromatic rings. The minimum absolute atomic E-state index is 0.0642. The number of piperidine rings is 2. The molecule has 1 aliphatic carbocycles. The topological polar surface area (TPSA) is 74.9 Å². The molecular formula is C21H34F2N4O3. The van der Waals surface area contributed by atoms with Crippen molar-refractivity contribution < 1.29 is 23.1 Å². The highest BCUT2D eigenvalue weighted by Crippen LogP contribution is 2.38. The Labute approximate surface area is 176 Å². The maximum absolute atomic E-state index is 14.7. The molecule has 30 heavy (non-hydrogen) atoms. The Morgan fingerprint density at radius 1 is 1.13 bits per heavy atom. The van der Waals surface area contributed by atoms with Crippen LogP contribution in [-0.4, -0.2) is 73.9 Å². The summed E-state index contributed by atoms with van der Waals surface area (Å²) in [6, 6.07) is 0.266. The summed E-state index contributed by atoms with van der Waals surface area (Å²) in [5.74, 6) is 0.183. The lowest BCUT2D eigenvalue weighted by atomic mass is 9.80. The first kappa shape index (κ1) is 21.0. The van der Waals surface area contributed by atoms with Crippen LogP contribution in [0.3, 0.4) is 0 Å². The molecule has 1 amide bonds. The molecular weight excluding hydrogens is 394 g/mol. The van der Waals surface area contributed by atoms with Gasteiger partial charge < -0.3 is 15.0 Å². The molecule has 3 N–H and O–H groups in total. The third-order valence-electron chi connectivity index (χ3n) is 7.98. The van der Waals surface area contributed by atoms with E-state index in [-0.39, 0.29) is 36.2 Å². The van der Waals surface area contributed by atoms with Crippen molar-refractivity contribution in [3.05, 3.63) is 0 Å². The second-order valence-electron chi connectivity index (χ2n) is 9.80. The fourth-order valence-corrected chi connectivity index (χ4v) is 5.74. The lowest BCUT2D eigenvalue weighted by Gasteiger charge is -2.41. The summed E-state index contributed by atoms with van der Waals surface area (Å²) >= 11 is 0. The van der Waals surface area contributed by atoms with E-state index >= 15 is 0 Å². The molecule has 4 aliphatic heterocycles. The van der Waals surface area contributed by atoms with Crippen molar-refractivity contribution >= 4 is 5.91 Å². The Morgan fingerprint density at radius 2 is 1.93 bits per heavy atom. The van der Waals surface area contributed by atoms with Gasteiger partial charge in [0.2, 0.25) is 0 Å². The van der Waals surface area contributed by atoms with Crippen LogP contribution >= 0.6 is 0 Å². The van der Waals surface area contributed by atoms with E-state index < -0.39 is 11.8 Å². The molecule has 0 aromatic heterocycles. The lowest BCUT2D eigenvalue weighted by molar-refractivity contribution is -0.151. The van der Waals surface area contributed by atoms with Crippen molar-refractivity contribution in [3.8, 4) is 0 Å². The molecule has 0 aromatic carbocycles.